The molecule has 0 saturated heterocycles. The van der Waals surface area contributed by atoms with Crippen LogP contribution in [0.2, 0.25) is 0 Å². The number of nitrogens with zero attached hydrogens (tertiary/aromatic N) is 2. The molecule has 0 aliphatic heterocycles. The number of aryl methyl sites for hydroxylation is 2. The third-order valence-corrected chi connectivity index (χ3v) is 2.83. The van der Waals surface area contributed by atoms with Gasteiger partial charge in [0, 0.05) is 18.5 Å². The van der Waals surface area contributed by atoms with Gasteiger partial charge in [0.05, 0.1) is 12.3 Å². The van der Waals surface area contributed by atoms with Crippen LogP contribution in [0, 0.1) is 13.8 Å². The first-order chi connectivity index (χ1) is 8.70. The van der Waals surface area contributed by atoms with E-state index in [0.29, 0.717) is 12.4 Å². The Morgan fingerprint density at radius 2 is 2.28 bits per heavy atom. The Morgan fingerprint density at radius 1 is 1.44 bits per heavy atom. The normalized spacial score (nSPS) is 12.4. The molecule has 1 atom stereocenters. The van der Waals surface area contributed by atoms with Crippen molar-refractivity contribution < 1.29 is 9.52 Å². The molecule has 0 aliphatic rings. The van der Waals surface area contributed by atoms with Crippen LogP contribution in [0.4, 0.5) is 5.95 Å². The highest BCUT2D eigenvalue weighted by molar-refractivity contribution is 5.31. The summed E-state index contributed by atoms with van der Waals surface area (Å²) in [5, 5.41) is 12.3. The summed E-state index contributed by atoms with van der Waals surface area (Å²) in [5.74, 6) is 1.32. The first-order valence-corrected chi connectivity index (χ1v) is 5.91. The Bertz CT molecular complexity index is 497. The zero-order chi connectivity index (χ0) is 13.0. The Kier molecular flexibility index (Phi) is 3.94. The van der Waals surface area contributed by atoms with E-state index in [1.54, 1.807) is 12.5 Å². The van der Waals surface area contributed by atoms with Gasteiger partial charge >= 0.3 is 0 Å². The number of aromatic nitrogens is 2. The van der Waals surface area contributed by atoms with Crippen LogP contribution in [0.15, 0.2) is 29.0 Å². The average Bonchev–Trinajstić information content (AvgIpc) is 2.87. The van der Waals surface area contributed by atoms with Crippen LogP contribution in [-0.4, -0.2) is 21.7 Å². The average molecular weight is 247 g/mol. The molecule has 0 fully saturated rings. The Hall–Kier alpha value is -1.88. The van der Waals surface area contributed by atoms with Gasteiger partial charge in [-0.1, -0.05) is 0 Å². The first-order valence-electron chi connectivity index (χ1n) is 5.91. The summed E-state index contributed by atoms with van der Waals surface area (Å²) in [6.45, 7) is 3.98. The summed E-state index contributed by atoms with van der Waals surface area (Å²) in [6.07, 6.45) is 3.94. The quantitative estimate of drug-likeness (QED) is 0.847. The monoisotopic (exact) mass is 247 g/mol. The summed E-state index contributed by atoms with van der Waals surface area (Å²) in [4.78, 5) is 8.58. The number of anilines is 1. The molecule has 0 aliphatic carbocycles. The van der Waals surface area contributed by atoms with Crippen molar-refractivity contribution in [1.29, 1.82) is 0 Å². The predicted molar refractivity (Wildman–Crippen MR) is 68.3 cm³/mol. The Morgan fingerprint density at radius 3 is 2.89 bits per heavy atom. The highest BCUT2D eigenvalue weighted by Gasteiger charge is 2.15. The van der Waals surface area contributed by atoms with Gasteiger partial charge in [-0.15, -0.1) is 0 Å². The van der Waals surface area contributed by atoms with Gasteiger partial charge in [0.25, 0.3) is 0 Å². The standard InChI is InChI=1S/C13H17N3O2/c1-9-8-14-13(15-10(9)2)16-11(5-6-17)12-4-3-7-18-12/h3-4,7-8,11,17H,5-6H2,1-2H3,(H,14,15,16). The fourth-order valence-electron chi connectivity index (χ4n) is 1.66. The molecule has 18 heavy (non-hydrogen) atoms. The van der Waals surface area contributed by atoms with Crippen molar-refractivity contribution in [2.45, 2.75) is 26.3 Å². The molecular formula is C13H17N3O2. The lowest BCUT2D eigenvalue weighted by atomic mass is 10.1. The van der Waals surface area contributed by atoms with Crippen LogP contribution in [0.1, 0.15) is 29.5 Å². The van der Waals surface area contributed by atoms with Crippen LogP contribution in [0.25, 0.3) is 0 Å². The van der Waals surface area contributed by atoms with Crippen LogP contribution < -0.4 is 5.32 Å². The van der Waals surface area contributed by atoms with E-state index in [1.165, 1.54) is 0 Å². The van der Waals surface area contributed by atoms with E-state index in [-0.39, 0.29) is 12.6 Å². The summed E-state index contributed by atoms with van der Waals surface area (Å²) in [7, 11) is 0. The highest BCUT2D eigenvalue weighted by Crippen LogP contribution is 2.21. The maximum atomic E-state index is 9.09. The fraction of sp³-hybridized carbons (Fsp3) is 0.385. The fourth-order valence-corrected chi connectivity index (χ4v) is 1.66. The first kappa shape index (κ1) is 12.6. The summed E-state index contributed by atoms with van der Waals surface area (Å²) < 4.78 is 5.35. The van der Waals surface area contributed by atoms with Gasteiger partial charge in [0.1, 0.15) is 5.76 Å². The molecule has 0 bridgehead atoms. The van der Waals surface area contributed by atoms with E-state index < -0.39 is 0 Å². The molecule has 0 radical (unpaired) electrons. The molecule has 0 spiro atoms. The number of aliphatic hydroxyl groups excluding tert-OH is 1. The van der Waals surface area contributed by atoms with Gasteiger partial charge in [-0.2, -0.15) is 0 Å². The minimum absolute atomic E-state index is 0.0726. The van der Waals surface area contributed by atoms with Crippen LogP contribution in [-0.2, 0) is 0 Å². The summed E-state index contributed by atoms with van der Waals surface area (Å²) in [5.41, 5.74) is 1.99. The van der Waals surface area contributed by atoms with Crippen molar-refractivity contribution in [1.82, 2.24) is 9.97 Å². The second kappa shape index (κ2) is 5.64. The number of aliphatic hydroxyl groups is 1. The third kappa shape index (κ3) is 2.87. The molecule has 0 amide bonds. The van der Waals surface area contributed by atoms with Gasteiger partial charge in [-0.25, -0.2) is 9.97 Å². The molecule has 1 unspecified atom stereocenters. The molecule has 2 aromatic heterocycles. The van der Waals surface area contributed by atoms with E-state index in [4.69, 9.17) is 9.52 Å². The molecule has 2 aromatic rings. The van der Waals surface area contributed by atoms with E-state index in [9.17, 15) is 0 Å². The highest BCUT2D eigenvalue weighted by atomic mass is 16.3. The van der Waals surface area contributed by atoms with Gasteiger partial charge in [0.2, 0.25) is 5.95 Å². The molecule has 96 valence electrons. The molecule has 2 heterocycles. The zero-order valence-corrected chi connectivity index (χ0v) is 10.6. The lowest BCUT2D eigenvalue weighted by Gasteiger charge is -2.15. The van der Waals surface area contributed by atoms with Gasteiger partial charge in [-0.3, -0.25) is 0 Å². The number of hydrogen-bond donors (Lipinski definition) is 2. The van der Waals surface area contributed by atoms with Crippen LogP contribution in [0.3, 0.4) is 0 Å². The van der Waals surface area contributed by atoms with Crippen molar-refractivity contribution in [2.75, 3.05) is 11.9 Å². The molecule has 2 rings (SSSR count). The Labute approximate surface area is 106 Å². The lowest BCUT2D eigenvalue weighted by molar-refractivity contribution is 0.273. The molecular weight excluding hydrogens is 230 g/mol. The Balaban J connectivity index is 2.16. The minimum Gasteiger partial charge on any atom is -0.467 e. The molecule has 2 N–H and O–H groups in total. The summed E-state index contributed by atoms with van der Waals surface area (Å²) >= 11 is 0. The minimum atomic E-state index is -0.118. The van der Waals surface area contributed by atoms with Gasteiger partial charge in [0.15, 0.2) is 0 Å². The van der Waals surface area contributed by atoms with Crippen molar-refractivity contribution in [3.05, 3.63) is 41.6 Å². The van der Waals surface area contributed by atoms with Gasteiger partial charge in [-0.05, 0) is 38.0 Å². The summed E-state index contributed by atoms with van der Waals surface area (Å²) in [6, 6.07) is 3.57. The molecule has 0 aromatic carbocycles. The second-order valence-corrected chi connectivity index (χ2v) is 4.19. The number of nitrogens with one attached hydrogen (secondary N) is 1. The van der Waals surface area contributed by atoms with E-state index in [0.717, 1.165) is 17.0 Å². The van der Waals surface area contributed by atoms with E-state index in [1.807, 2.05) is 26.0 Å². The largest absolute Gasteiger partial charge is 0.467 e. The van der Waals surface area contributed by atoms with Crippen LogP contribution in [0.5, 0.6) is 0 Å². The molecule has 5 nitrogen and oxygen atoms in total. The van der Waals surface area contributed by atoms with Crippen molar-refractivity contribution in [3.8, 4) is 0 Å². The van der Waals surface area contributed by atoms with Crippen LogP contribution >= 0.6 is 0 Å². The number of hydrogen-bond acceptors (Lipinski definition) is 5. The topological polar surface area (TPSA) is 71.2 Å². The zero-order valence-electron chi connectivity index (χ0n) is 10.6. The van der Waals surface area contributed by atoms with Crippen molar-refractivity contribution in [2.24, 2.45) is 0 Å². The second-order valence-electron chi connectivity index (χ2n) is 4.19. The van der Waals surface area contributed by atoms with Crippen molar-refractivity contribution >= 4 is 5.95 Å². The predicted octanol–water partition coefficient (Wildman–Crippen LogP) is 2.22. The number of furan rings is 1. The smallest absolute Gasteiger partial charge is 0.223 e. The number of rotatable bonds is 5. The van der Waals surface area contributed by atoms with E-state index >= 15 is 0 Å². The van der Waals surface area contributed by atoms with E-state index in [2.05, 4.69) is 15.3 Å². The van der Waals surface area contributed by atoms with Gasteiger partial charge < -0.3 is 14.8 Å². The maximum Gasteiger partial charge on any atom is 0.223 e. The third-order valence-electron chi connectivity index (χ3n) is 2.83. The molecule has 5 heteroatoms. The van der Waals surface area contributed by atoms with Crippen molar-refractivity contribution in [3.63, 3.8) is 0 Å². The SMILES string of the molecule is Cc1cnc(NC(CCO)c2ccco2)nc1C. The maximum absolute atomic E-state index is 9.09. The molecule has 0 saturated carbocycles. The lowest BCUT2D eigenvalue weighted by Crippen LogP contribution is -2.14.